The minimum absolute atomic E-state index is 0.243. The van der Waals surface area contributed by atoms with E-state index in [1.54, 1.807) is 4.90 Å². The Hall–Kier alpha value is -2.15. The topological polar surface area (TPSA) is 80.8 Å². The second kappa shape index (κ2) is 7.23. The van der Waals surface area contributed by atoms with Crippen LogP contribution in [0.1, 0.15) is 62.4 Å². The standard InChI is InChI=1S/C19H29N3O4/c1-12-8-9-13(21-14(12)16(23)25-7)15-19(5,6)22(11-10-20-15)17(24)26-18(2,3)4/h8-9,15,20H,10-11H2,1-7H3. The molecule has 1 fully saturated rings. The van der Waals surface area contributed by atoms with Crippen LogP contribution in [-0.2, 0) is 9.47 Å². The van der Waals surface area contributed by atoms with Gasteiger partial charge in [0.05, 0.1) is 24.4 Å². The van der Waals surface area contributed by atoms with Gasteiger partial charge in [0, 0.05) is 13.1 Å². The molecule has 7 heteroatoms. The van der Waals surface area contributed by atoms with Gasteiger partial charge in [-0.25, -0.2) is 14.6 Å². The molecule has 1 aliphatic heterocycles. The maximum atomic E-state index is 12.7. The molecule has 2 rings (SSSR count). The molecule has 1 saturated heterocycles. The average Bonchev–Trinajstić information content (AvgIpc) is 2.52. The van der Waals surface area contributed by atoms with E-state index in [9.17, 15) is 9.59 Å². The van der Waals surface area contributed by atoms with Gasteiger partial charge in [-0.3, -0.25) is 4.90 Å². The maximum Gasteiger partial charge on any atom is 0.410 e. The van der Waals surface area contributed by atoms with Gasteiger partial charge in [-0.2, -0.15) is 0 Å². The highest BCUT2D eigenvalue weighted by Gasteiger charge is 2.44. The van der Waals surface area contributed by atoms with Crippen molar-refractivity contribution in [2.75, 3.05) is 20.2 Å². The van der Waals surface area contributed by atoms with E-state index in [-0.39, 0.29) is 17.8 Å². The highest BCUT2D eigenvalue weighted by Crippen LogP contribution is 2.34. The lowest BCUT2D eigenvalue weighted by atomic mass is 9.87. The van der Waals surface area contributed by atoms with Gasteiger partial charge in [0.2, 0.25) is 0 Å². The number of carbonyl (C=O) groups is 2. The van der Waals surface area contributed by atoms with Crippen molar-refractivity contribution in [3.8, 4) is 0 Å². The molecule has 0 aromatic carbocycles. The molecular weight excluding hydrogens is 334 g/mol. The molecule has 1 unspecified atom stereocenters. The summed E-state index contributed by atoms with van der Waals surface area (Å²) in [5, 5.41) is 3.41. The van der Waals surface area contributed by atoms with Crippen molar-refractivity contribution in [1.29, 1.82) is 0 Å². The molecule has 0 aliphatic carbocycles. The molecule has 144 valence electrons. The number of rotatable bonds is 2. The molecule has 1 aromatic heterocycles. The number of hydrogen-bond acceptors (Lipinski definition) is 6. The van der Waals surface area contributed by atoms with Crippen LogP contribution in [0.3, 0.4) is 0 Å². The number of amides is 1. The van der Waals surface area contributed by atoms with Crippen LogP contribution in [0.4, 0.5) is 4.79 Å². The second-order valence-electron chi connectivity index (χ2n) is 8.07. The Morgan fingerprint density at radius 2 is 1.96 bits per heavy atom. The number of ether oxygens (including phenoxy) is 2. The van der Waals surface area contributed by atoms with E-state index in [0.717, 1.165) is 5.56 Å². The van der Waals surface area contributed by atoms with Crippen molar-refractivity contribution in [2.45, 2.75) is 58.7 Å². The van der Waals surface area contributed by atoms with Crippen LogP contribution in [-0.4, -0.2) is 53.3 Å². The molecule has 7 nitrogen and oxygen atoms in total. The lowest BCUT2D eigenvalue weighted by Gasteiger charge is -2.48. The Morgan fingerprint density at radius 1 is 1.31 bits per heavy atom. The number of carbonyl (C=O) groups excluding carboxylic acids is 2. The SMILES string of the molecule is COC(=O)c1nc(C2NCCN(C(=O)OC(C)(C)C)C2(C)C)ccc1C. The first-order valence-corrected chi connectivity index (χ1v) is 8.77. The van der Waals surface area contributed by atoms with E-state index >= 15 is 0 Å². The molecule has 1 aromatic rings. The van der Waals surface area contributed by atoms with Gasteiger partial charge in [-0.1, -0.05) is 6.07 Å². The fraction of sp³-hybridized carbons (Fsp3) is 0.632. The third kappa shape index (κ3) is 4.15. The number of aromatic nitrogens is 1. The highest BCUT2D eigenvalue weighted by atomic mass is 16.6. The number of aryl methyl sites for hydroxylation is 1. The summed E-state index contributed by atoms with van der Waals surface area (Å²) >= 11 is 0. The molecule has 1 aliphatic rings. The summed E-state index contributed by atoms with van der Waals surface area (Å²) in [6, 6.07) is 3.48. The summed E-state index contributed by atoms with van der Waals surface area (Å²) in [4.78, 5) is 30.9. The van der Waals surface area contributed by atoms with Crippen LogP contribution in [0.2, 0.25) is 0 Å². The molecule has 1 atom stereocenters. The first-order chi connectivity index (χ1) is 12.0. The number of piperazine rings is 1. The van der Waals surface area contributed by atoms with E-state index in [4.69, 9.17) is 9.47 Å². The summed E-state index contributed by atoms with van der Waals surface area (Å²) < 4.78 is 10.4. The molecule has 0 spiro atoms. The van der Waals surface area contributed by atoms with Crippen molar-refractivity contribution in [2.24, 2.45) is 0 Å². The van der Waals surface area contributed by atoms with E-state index < -0.39 is 17.1 Å². The van der Waals surface area contributed by atoms with Crippen LogP contribution < -0.4 is 5.32 Å². The molecule has 0 saturated carbocycles. The number of esters is 1. The molecule has 2 heterocycles. The zero-order valence-corrected chi connectivity index (χ0v) is 16.7. The molecular formula is C19H29N3O4. The number of nitrogens with one attached hydrogen (secondary N) is 1. The summed E-state index contributed by atoms with van der Waals surface area (Å²) in [5.41, 5.74) is 0.577. The van der Waals surface area contributed by atoms with Crippen LogP contribution in [0.25, 0.3) is 0 Å². The van der Waals surface area contributed by atoms with Crippen LogP contribution in [0.5, 0.6) is 0 Å². The van der Waals surface area contributed by atoms with Gasteiger partial charge in [0.25, 0.3) is 0 Å². The van der Waals surface area contributed by atoms with E-state index in [0.29, 0.717) is 18.8 Å². The lowest BCUT2D eigenvalue weighted by Crippen LogP contribution is -2.62. The summed E-state index contributed by atoms with van der Waals surface area (Å²) in [6.07, 6.45) is -0.352. The predicted molar refractivity (Wildman–Crippen MR) is 98.1 cm³/mol. The number of pyridine rings is 1. The van der Waals surface area contributed by atoms with Gasteiger partial charge >= 0.3 is 12.1 Å². The van der Waals surface area contributed by atoms with Gasteiger partial charge in [0.15, 0.2) is 5.69 Å². The number of methoxy groups -OCH3 is 1. The van der Waals surface area contributed by atoms with Gasteiger partial charge in [-0.15, -0.1) is 0 Å². The monoisotopic (exact) mass is 363 g/mol. The van der Waals surface area contributed by atoms with E-state index in [2.05, 4.69) is 10.3 Å². The molecule has 26 heavy (non-hydrogen) atoms. The Morgan fingerprint density at radius 3 is 2.54 bits per heavy atom. The minimum Gasteiger partial charge on any atom is -0.464 e. The molecule has 1 N–H and O–H groups in total. The third-order valence-corrected chi connectivity index (χ3v) is 4.49. The van der Waals surface area contributed by atoms with Crippen molar-refractivity contribution in [1.82, 2.24) is 15.2 Å². The zero-order valence-electron chi connectivity index (χ0n) is 16.7. The van der Waals surface area contributed by atoms with E-state index in [1.165, 1.54) is 7.11 Å². The first-order valence-electron chi connectivity index (χ1n) is 8.77. The van der Waals surface area contributed by atoms with Crippen LogP contribution in [0.15, 0.2) is 12.1 Å². The fourth-order valence-corrected chi connectivity index (χ4v) is 3.13. The van der Waals surface area contributed by atoms with Crippen LogP contribution in [0, 0.1) is 6.92 Å². The lowest BCUT2D eigenvalue weighted by molar-refractivity contribution is -0.0151. The average molecular weight is 363 g/mol. The van der Waals surface area contributed by atoms with Crippen molar-refractivity contribution >= 4 is 12.1 Å². The zero-order chi connectivity index (χ0) is 19.7. The van der Waals surface area contributed by atoms with Crippen molar-refractivity contribution in [3.63, 3.8) is 0 Å². The molecule has 0 radical (unpaired) electrons. The Balaban J connectivity index is 2.35. The summed E-state index contributed by atoms with van der Waals surface area (Å²) in [7, 11) is 1.34. The predicted octanol–water partition coefficient (Wildman–Crippen LogP) is 2.84. The highest BCUT2D eigenvalue weighted by molar-refractivity contribution is 5.88. The van der Waals surface area contributed by atoms with Gasteiger partial charge < -0.3 is 14.8 Å². The van der Waals surface area contributed by atoms with Crippen LogP contribution >= 0.6 is 0 Å². The Labute approximate surface area is 155 Å². The summed E-state index contributed by atoms with van der Waals surface area (Å²) in [5.74, 6) is -0.470. The first kappa shape index (κ1) is 20.2. The quantitative estimate of drug-likeness (QED) is 0.814. The van der Waals surface area contributed by atoms with Crippen molar-refractivity contribution < 1.29 is 19.1 Å². The van der Waals surface area contributed by atoms with Crippen molar-refractivity contribution in [3.05, 3.63) is 29.1 Å². The third-order valence-electron chi connectivity index (χ3n) is 4.49. The number of nitrogens with zero attached hydrogens (tertiary/aromatic N) is 2. The normalized spacial score (nSPS) is 19.8. The second-order valence-corrected chi connectivity index (χ2v) is 8.07. The smallest absolute Gasteiger partial charge is 0.410 e. The van der Waals surface area contributed by atoms with Gasteiger partial charge in [-0.05, 0) is 53.2 Å². The largest absolute Gasteiger partial charge is 0.464 e. The maximum absolute atomic E-state index is 12.7. The minimum atomic E-state index is -0.587. The number of hydrogen-bond donors (Lipinski definition) is 1. The van der Waals surface area contributed by atoms with E-state index in [1.807, 2.05) is 53.7 Å². The Kier molecular flexibility index (Phi) is 5.61. The van der Waals surface area contributed by atoms with Gasteiger partial charge in [0.1, 0.15) is 5.60 Å². The molecule has 1 amide bonds. The molecule has 0 bridgehead atoms. The summed E-state index contributed by atoms with van der Waals surface area (Å²) in [6.45, 7) is 12.4. The fourth-order valence-electron chi connectivity index (χ4n) is 3.13. The Bertz CT molecular complexity index is 695.